The number of carbonyl (C=O) groups is 2. The van der Waals surface area contributed by atoms with Crippen molar-refractivity contribution in [2.24, 2.45) is 5.92 Å². The second kappa shape index (κ2) is 9.41. The summed E-state index contributed by atoms with van der Waals surface area (Å²) in [6.45, 7) is 3.79. The summed E-state index contributed by atoms with van der Waals surface area (Å²) < 4.78 is 0. The zero-order chi connectivity index (χ0) is 20.1. The molecule has 0 aromatic heterocycles. The number of anilines is 2. The summed E-state index contributed by atoms with van der Waals surface area (Å²) in [6, 6.07) is 12.6. The van der Waals surface area contributed by atoms with Crippen LogP contribution in [-0.2, 0) is 16.1 Å². The van der Waals surface area contributed by atoms with Crippen LogP contribution < -0.4 is 10.6 Å². The highest BCUT2D eigenvalue weighted by molar-refractivity contribution is 6.35. The van der Waals surface area contributed by atoms with Gasteiger partial charge in [0.15, 0.2) is 0 Å². The van der Waals surface area contributed by atoms with E-state index in [9.17, 15) is 9.59 Å². The second-order valence-corrected chi connectivity index (χ2v) is 7.90. The van der Waals surface area contributed by atoms with E-state index in [1.165, 1.54) is 6.92 Å². The number of rotatable bonds is 5. The number of halogens is 2. The summed E-state index contributed by atoms with van der Waals surface area (Å²) in [7, 11) is 0. The molecule has 2 N–H and O–H groups in total. The van der Waals surface area contributed by atoms with Gasteiger partial charge in [0.1, 0.15) is 0 Å². The molecule has 1 saturated heterocycles. The molecule has 1 aliphatic heterocycles. The normalized spacial score (nSPS) is 17.2. The Hall–Kier alpha value is -2.08. The third-order valence-electron chi connectivity index (χ3n) is 4.76. The quantitative estimate of drug-likeness (QED) is 0.731. The van der Waals surface area contributed by atoms with Crippen LogP contribution in [0.3, 0.4) is 0 Å². The van der Waals surface area contributed by atoms with E-state index in [4.69, 9.17) is 23.2 Å². The lowest BCUT2D eigenvalue weighted by Gasteiger charge is -2.32. The van der Waals surface area contributed by atoms with Crippen LogP contribution in [0.5, 0.6) is 0 Å². The lowest BCUT2D eigenvalue weighted by molar-refractivity contribution is -0.121. The number of benzene rings is 2. The fraction of sp³-hybridized carbons (Fsp3) is 0.333. The van der Waals surface area contributed by atoms with Gasteiger partial charge in [0, 0.05) is 41.4 Å². The van der Waals surface area contributed by atoms with Gasteiger partial charge in [-0.25, -0.2) is 0 Å². The van der Waals surface area contributed by atoms with Gasteiger partial charge in [-0.3, -0.25) is 14.5 Å². The van der Waals surface area contributed by atoms with Crippen molar-refractivity contribution in [1.82, 2.24) is 4.90 Å². The topological polar surface area (TPSA) is 61.4 Å². The molecule has 0 aliphatic carbocycles. The molecule has 0 unspecified atom stereocenters. The number of amides is 2. The molecule has 28 heavy (non-hydrogen) atoms. The molecule has 2 aromatic carbocycles. The highest BCUT2D eigenvalue weighted by Gasteiger charge is 2.26. The summed E-state index contributed by atoms with van der Waals surface area (Å²) in [5.74, 6) is -0.186. The predicted molar refractivity (Wildman–Crippen MR) is 114 cm³/mol. The monoisotopic (exact) mass is 419 g/mol. The third-order valence-corrected chi connectivity index (χ3v) is 5.35. The maximum absolute atomic E-state index is 12.7. The zero-order valence-electron chi connectivity index (χ0n) is 15.7. The third kappa shape index (κ3) is 5.71. The van der Waals surface area contributed by atoms with Gasteiger partial charge < -0.3 is 10.6 Å². The molecule has 5 nitrogen and oxygen atoms in total. The first kappa shape index (κ1) is 20.6. The standard InChI is InChI=1S/C21H23Cl2N3O2/c1-14(27)24-18-6-8-19(9-7-18)25-21(28)16-3-2-10-26(13-16)12-15-4-5-17(22)11-20(15)23/h4-9,11,16H,2-3,10,12-13H2,1H3,(H,24,27)(H,25,28)/t16-/m1/s1. The minimum absolute atomic E-state index is 0.0131. The number of likely N-dealkylation sites (tertiary alicyclic amines) is 1. The van der Waals surface area contributed by atoms with Crippen LogP contribution in [0.15, 0.2) is 42.5 Å². The maximum atomic E-state index is 12.7. The summed E-state index contributed by atoms with van der Waals surface area (Å²) in [6.07, 6.45) is 1.82. The van der Waals surface area contributed by atoms with E-state index in [2.05, 4.69) is 15.5 Å². The Balaban J connectivity index is 1.57. The molecule has 7 heteroatoms. The summed E-state index contributed by atoms with van der Waals surface area (Å²) in [4.78, 5) is 26.0. The molecule has 1 heterocycles. The Morgan fingerprint density at radius 1 is 1.07 bits per heavy atom. The molecule has 1 atom stereocenters. The number of nitrogens with zero attached hydrogens (tertiary/aromatic N) is 1. The SMILES string of the molecule is CC(=O)Nc1ccc(NC(=O)[C@@H]2CCCN(Cc3ccc(Cl)cc3Cl)C2)cc1. The van der Waals surface area contributed by atoms with Gasteiger partial charge >= 0.3 is 0 Å². The lowest BCUT2D eigenvalue weighted by Crippen LogP contribution is -2.40. The lowest BCUT2D eigenvalue weighted by atomic mass is 9.96. The minimum Gasteiger partial charge on any atom is -0.326 e. The van der Waals surface area contributed by atoms with E-state index in [0.717, 1.165) is 30.6 Å². The zero-order valence-corrected chi connectivity index (χ0v) is 17.2. The molecule has 2 amide bonds. The van der Waals surface area contributed by atoms with Crippen molar-refractivity contribution in [2.45, 2.75) is 26.3 Å². The average Bonchev–Trinajstić information content (AvgIpc) is 2.65. The van der Waals surface area contributed by atoms with Crippen molar-refractivity contribution in [2.75, 3.05) is 23.7 Å². The van der Waals surface area contributed by atoms with E-state index >= 15 is 0 Å². The van der Waals surface area contributed by atoms with Gasteiger partial charge in [0.05, 0.1) is 5.92 Å². The number of nitrogens with one attached hydrogen (secondary N) is 2. The second-order valence-electron chi connectivity index (χ2n) is 7.06. The summed E-state index contributed by atoms with van der Waals surface area (Å²) in [5.41, 5.74) is 2.44. The highest BCUT2D eigenvalue weighted by atomic mass is 35.5. The Morgan fingerprint density at radius 2 is 1.75 bits per heavy atom. The molecule has 148 valence electrons. The number of hydrogen-bond donors (Lipinski definition) is 2. The average molecular weight is 420 g/mol. The van der Waals surface area contributed by atoms with Crippen LogP contribution in [0.4, 0.5) is 11.4 Å². The van der Waals surface area contributed by atoms with E-state index in [1.807, 2.05) is 12.1 Å². The molecule has 0 spiro atoms. The van der Waals surface area contributed by atoms with Crippen molar-refractivity contribution in [3.8, 4) is 0 Å². The van der Waals surface area contributed by atoms with Gasteiger partial charge in [-0.05, 0) is 61.3 Å². The Bertz CT molecular complexity index is 855. The first-order valence-electron chi connectivity index (χ1n) is 9.25. The maximum Gasteiger partial charge on any atom is 0.228 e. The van der Waals surface area contributed by atoms with E-state index in [1.54, 1.807) is 30.3 Å². The highest BCUT2D eigenvalue weighted by Crippen LogP contribution is 2.25. The van der Waals surface area contributed by atoms with Crippen LogP contribution >= 0.6 is 23.2 Å². The molecular formula is C21H23Cl2N3O2. The molecule has 1 fully saturated rings. The van der Waals surface area contributed by atoms with E-state index in [0.29, 0.717) is 28.8 Å². The number of carbonyl (C=O) groups excluding carboxylic acids is 2. The first-order valence-corrected chi connectivity index (χ1v) is 10.0. The van der Waals surface area contributed by atoms with Gasteiger partial charge in [-0.1, -0.05) is 29.3 Å². The van der Waals surface area contributed by atoms with Crippen LogP contribution in [-0.4, -0.2) is 29.8 Å². The van der Waals surface area contributed by atoms with Crippen LogP contribution in [0.25, 0.3) is 0 Å². The van der Waals surface area contributed by atoms with Gasteiger partial charge in [0.2, 0.25) is 11.8 Å². The first-order chi connectivity index (χ1) is 13.4. The van der Waals surface area contributed by atoms with Gasteiger partial charge in [-0.2, -0.15) is 0 Å². The molecule has 3 rings (SSSR count). The van der Waals surface area contributed by atoms with Crippen molar-refractivity contribution < 1.29 is 9.59 Å². The number of hydrogen-bond acceptors (Lipinski definition) is 3. The molecule has 2 aromatic rings. The van der Waals surface area contributed by atoms with Gasteiger partial charge in [0.25, 0.3) is 0 Å². The minimum atomic E-state index is -0.125. The van der Waals surface area contributed by atoms with E-state index < -0.39 is 0 Å². The van der Waals surface area contributed by atoms with Crippen molar-refractivity contribution >= 4 is 46.4 Å². The summed E-state index contributed by atoms with van der Waals surface area (Å²) >= 11 is 12.2. The van der Waals surface area contributed by atoms with Crippen molar-refractivity contribution in [1.29, 1.82) is 0 Å². The van der Waals surface area contributed by atoms with Crippen LogP contribution in [0.2, 0.25) is 10.0 Å². The smallest absolute Gasteiger partial charge is 0.228 e. The Morgan fingerprint density at radius 3 is 2.39 bits per heavy atom. The molecular weight excluding hydrogens is 397 g/mol. The van der Waals surface area contributed by atoms with Crippen LogP contribution in [0.1, 0.15) is 25.3 Å². The van der Waals surface area contributed by atoms with E-state index in [-0.39, 0.29) is 17.7 Å². The van der Waals surface area contributed by atoms with Crippen molar-refractivity contribution in [3.05, 3.63) is 58.1 Å². The Labute approximate surface area is 175 Å². The fourth-order valence-electron chi connectivity index (χ4n) is 3.39. The van der Waals surface area contributed by atoms with Crippen LogP contribution in [0, 0.1) is 5.92 Å². The molecule has 0 saturated carbocycles. The number of piperidine rings is 1. The van der Waals surface area contributed by atoms with Gasteiger partial charge in [-0.15, -0.1) is 0 Å². The fourth-order valence-corrected chi connectivity index (χ4v) is 3.86. The van der Waals surface area contributed by atoms with Crippen molar-refractivity contribution in [3.63, 3.8) is 0 Å². The summed E-state index contributed by atoms with van der Waals surface area (Å²) in [5, 5.41) is 6.95. The molecule has 1 aliphatic rings. The molecule has 0 radical (unpaired) electrons. The largest absolute Gasteiger partial charge is 0.326 e. The Kier molecular flexibility index (Phi) is 6.94. The molecule has 0 bridgehead atoms. The predicted octanol–water partition coefficient (Wildman–Crippen LogP) is 4.80.